The number of hydrogen-bond donors (Lipinski definition) is 0. The van der Waals surface area contributed by atoms with Gasteiger partial charge in [-0.1, -0.05) is 43.5 Å². The summed E-state index contributed by atoms with van der Waals surface area (Å²) in [5, 5.41) is 0. The normalized spacial score (nSPS) is 10.6. The second-order valence-corrected chi connectivity index (χ2v) is 8.55. The van der Waals surface area contributed by atoms with Gasteiger partial charge < -0.3 is 18.9 Å². The number of carbonyl (C=O) groups excluding carboxylic acids is 2. The molecule has 3 aromatic rings. The molecule has 0 radical (unpaired) electrons. The largest absolute Gasteiger partial charge is 0.423 e. The fraction of sp³-hybridized carbons (Fsp3) is 0.200. The van der Waals surface area contributed by atoms with Crippen molar-refractivity contribution in [3.05, 3.63) is 95.8 Å². The van der Waals surface area contributed by atoms with Crippen molar-refractivity contribution in [1.82, 2.24) is 0 Å². The Kier molecular flexibility index (Phi) is 9.11. The highest BCUT2D eigenvalue weighted by atomic mass is 19.1. The van der Waals surface area contributed by atoms with E-state index in [1.54, 1.807) is 33.3 Å². The van der Waals surface area contributed by atoms with Crippen molar-refractivity contribution < 1.29 is 32.9 Å². The van der Waals surface area contributed by atoms with Crippen LogP contribution in [0.2, 0.25) is 0 Å². The lowest BCUT2D eigenvalue weighted by Crippen LogP contribution is -2.11. The molecule has 192 valence electrons. The highest BCUT2D eigenvalue weighted by molar-refractivity contribution is 5.89. The van der Waals surface area contributed by atoms with Gasteiger partial charge in [-0.25, -0.2) is 14.0 Å². The summed E-state index contributed by atoms with van der Waals surface area (Å²) >= 11 is 0. The third-order valence-corrected chi connectivity index (χ3v) is 5.45. The lowest BCUT2D eigenvalue weighted by Gasteiger charge is -2.17. The molecule has 0 aliphatic carbocycles. The molecule has 3 rings (SSSR count). The molecule has 3 aromatic carbocycles. The molecule has 37 heavy (non-hydrogen) atoms. The minimum absolute atomic E-state index is 0.157. The number of esters is 2. The quantitative estimate of drug-likeness (QED) is 0.180. The number of halogens is 1. The number of carbonyl (C=O) groups is 2. The van der Waals surface area contributed by atoms with Crippen molar-refractivity contribution in [3.63, 3.8) is 0 Å². The van der Waals surface area contributed by atoms with Gasteiger partial charge in [-0.2, -0.15) is 0 Å². The van der Waals surface area contributed by atoms with Crippen LogP contribution in [0.25, 0.3) is 22.3 Å². The Labute approximate surface area is 215 Å². The third-order valence-electron chi connectivity index (χ3n) is 5.45. The van der Waals surface area contributed by atoms with E-state index in [2.05, 4.69) is 13.2 Å². The Morgan fingerprint density at radius 2 is 1.22 bits per heavy atom. The summed E-state index contributed by atoms with van der Waals surface area (Å²) in [5.41, 5.74) is 5.14. The molecule has 0 spiro atoms. The Morgan fingerprint density at radius 1 is 0.703 bits per heavy atom. The van der Waals surface area contributed by atoms with Crippen molar-refractivity contribution in [2.24, 2.45) is 0 Å². The average molecular weight is 505 g/mol. The minimum atomic E-state index is -0.684. The van der Waals surface area contributed by atoms with Crippen LogP contribution in [0.15, 0.2) is 78.9 Å². The number of methoxy groups -OCH3 is 2. The van der Waals surface area contributed by atoms with Crippen LogP contribution in [0.4, 0.5) is 4.39 Å². The summed E-state index contributed by atoms with van der Waals surface area (Å²) in [4.78, 5) is 23.8. The Balaban J connectivity index is 1.95. The van der Waals surface area contributed by atoms with Crippen molar-refractivity contribution in [1.29, 1.82) is 0 Å². The number of rotatable bonds is 10. The monoisotopic (exact) mass is 504 g/mol. The fourth-order valence-corrected chi connectivity index (χ4v) is 3.55. The van der Waals surface area contributed by atoms with E-state index in [0.717, 1.165) is 22.3 Å². The second kappa shape index (κ2) is 12.3. The predicted molar refractivity (Wildman–Crippen MR) is 140 cm³/mol. The molecule has 0 aromatic heterocycles. The maximum Gasteiger partial charge on any atom is 0.338 e. The number of ether oxygens (including phenoxy) is 4. The lowest BCUT2D eigenvalue weighted by atomic mass is 9.95. The van der Waals surface area contributed by atoms with Crippen molar-refractivity contribution in [2.75, 3.05) is 14.2 Å². The van der Waals surface area contributed by atoms with Gasteiger partial charge in [0.25, 0.3) is 0 Å². The maximum atomic E-state index is 14.6. The zero-order valence-corrected chi connectivity index (χ0v) is 21.4. The van der Waals surface area contributed by atoms with Crippen LogP contribution < -0.4 is 9.47 Å². The topological polar surface area (TPSA) is 71.1 Å². The van der Waals surface area contributed by atoms with Gasteiger partial charge in [0.05, 0.1) is 13.2 Å². The molecular weight excluding hydrogens is 475 g/mol. The molecule has 0 aliphatic rings. The van der Waals surface area contributed by atoms with Crippen molar-refractivity contribution in [2.45, 2.75) is 27.1 Å². The standard InChI is InChI=1S/C30H29FO6/c1-18(2)29(32)36-27-12-11-22(14-26(27)31)20-7-9-21(10-8-20)25-13-24(17-35-6)28(15-23(25)16-34-5)37-30(33)19(3)4/h7-15H,1,3,16-17H2,2,4-6H3. The maximum absolute atomic E-state index is 14.6. The summed E-state index contributed by atoms with van der Waals surface area (Å²) in [5.74, 6) is -1.63. The molecule has 0 unspecified atom stereocenters. The van der Waals surface area contributed by atoms with Gasteiger partial charge in [-0.05, 0) is 65.9 Å². The summed E-state index contributed by atoms with van der Waals surface area (Å²) in [6.07, 6.45) is 0. The number of benzene rings is 3. The van der Waals surface area contributed by atoms with E-state index in [-0.39, 0.29) is 30.1 Å². The van der Waals surface area contributed by atoms with E-state index in [0.29, 0.717) is 16.9 Å². The first kappa shape index (κ1) is 27.5. The molecule has 0 N–H and O–H groups in total. The molecule has 0 atom stereocenters. The van der Waals surface area contributed by atoms with Gasteiger partial charge in [-0.15, -0.1) is 0 Å². The van der Waals surface area contributed by atoms with Gasteiger partial charge in [0, 0.05) is 30.9 Å². The Hall–Kier alpha value is -4.07. The third kappa shape index (κ3) is 6.78. The Bertz CT molecular complexity index is 1340. The summed E-state index contributed by atoms with van der Waals surface area (Å²) < 4.78 is 35.8. The van der Waals surface area contributed by atoms with E-state index in [4.69, 9.17) is 18.9 Å². The van der Waals surface area contributed by atoms with Gasteiger partial charge in [0.1, 0.15) is 5.75 Å². The van der Waals surface area contributed by atoms with Crippen molar-refractivity contribution >= 4 is 11.9 Å². The molecule has 0 fully saturated rings. The van der Waals surface area contributed by atoms with Gasteiger partial charge in [-0.3, -0.25) is 0 Å². The molecule has 0 saturated heterocycles. The molecule has 0 amide bonds. The molecule has 6 nitrogen and oxygen atoms in total. The first-order valence-corrected chi connectivity index (χ1v) is 11.4. The average Bonchev–Trinajstić information content (AvgIpc) is 2.86. The molecule has 0 aliphatic heterocycles. The summed E-state index contributed by atoms with van der Waals surface area (Å²) in [7, 11) is 3.15. The van der Waals surface area contributed by atoms with Gasteiger partial charge >= 0.3 is 11.9 Å². The zero-order chi connectivity index (χ0) is 27.1. The summed E-state index contributed by atoms with van der Waals surface area (Å²) in [6.45, 7) is 10.7. The van der Waals surface area contributed by atoms with Gasteiger partial charge in [0.15, 0.2) is 11.6 Å². The van der Waals surface area contributed by atoms with Gasteiger partial charge in [0.2, 0.25) is 0 Å². The highest BCUT2D eigenvalue weighted by Gasteiger charge is 2.17. The Morgan fingerprint density at radius 3 is 1.76 bits per heavy atom. The predicted octanol–water partition coefficient (Wildman–Crippen LogP) is 6.42. The molecule has 0 bridgehead atoms. The lowest BCUT2D eigenvalue weighted by molar-refractivity contribution is -0.131. The minimum Gasteiger partial charge on any atom is -0.423 e. The number of hydrogen-bond acceptors (Lipinski definition) is 6. The fourth-order valence-electron chi connectivity index (χ4n) is 3.55. The van der Waals surface area contributed by atoms with Crippen molar-refractivity contribution in [3.8, 4) is 33.8 Å². The molecular formula is C30H29FO6. The smallest absolute Gasteiger partial charge is 0.338 e. The zero-order valence-electron chi connectivity index (χ0n) is 21.4. The van der Waals surface area contributed by atoms with E-state index < -0.39 is 17.8 Å². The van der Waals surface area contributed by atoms with Crippen LogP contribution in [0, 0.1) is 5.82 Å². The van der Waals surface area contributed by atoms with Crippen LogP contribution in [-0.2, 0) is 32.3 Å². The van der Waals surface area contributed by atoms with E-state index in [1.807, 2.05) is 30.3 Å². The van der Waals surface area contributed by atoms with Crippen LogP contribution in [0.3, 0.4) is 0 Å². The molecule has 0 heterocycles. The van der Waals surface area contributed by atoms with E-state index in [9.17, 15) is 14.0 Å². The van der Waals surface area contributed by atoms with Crippen LogP contribution in [0.5, 0.6) is 11.5 Å². The highest BCUT2D eigenvalue weighted by Crippen LogP contribution is 2.34. The first-order valence-electron chi connectivity index (χ1n) is 11.4. The van der Waals surface area contributed by atoms with Crippen LogP contribution in [-0.4, -0.2) is 26.2 Å². The molecule has 7 heteroatoms. The molecule has 0 saturated carbocycles. The van der Waals surface area contributed by atoms with E-state index in [1.165, 1.54) is 19.1 Å². The van der Waals surface area contributed by atoms with Crippen LogP contribution >= 0.6 is 0 Å². The van der Waals surface area contributed by atoms with E-state index >= 15 is 0 Å². The second-order valence-electron chi connectivity index (χ2n) is 8.55. The summed E-state index contributed by atoms with van der Waals surface area (Å²) in [6, 6.07) is 15.6. The SMILES string of the molecule is C=C(C)C(=O)Oc1ccc(-c2ccc(-c3cc(COC)c(OC(=O)C(=C)C)cc3COC)cc2)cc1F. The first-order chi connectivity index (χ1) is 17.6. The van der Waals surface area contributed by atoms with Crippen LogP contribution in [0.1, 0.15) is 25.0 Å².